The number of guanidine groups is 1. The van der Waals surface area contributed by atoms with Crippen molar-refractivity contribution in [1.29, 1.82) is 0 Å². The fraction of sp³-hybridized carbons (Fsp3) is 0.364. The summed E-state index contributed by atoms with van der Waals surface area (Å²) in [6.45, 7) is 6.03. The molecule has 0 unspecified atom stereocenters. The third-order valence-electron chi connectivity index (χ3n) is 4.50. The summed E-state index contributed by atoms with van der Waals surface area (Å²) in [7, 11) is 0. The van der Waals surface area contributed by atoms with Crippen molar-refractivity contribution in [2.24, 2.45) is 10.7 Å². The zero-order valence-corrected chi connectivity index (χ0v) is 16.5. The van der Waals surface area contributed by atoms with Gasteiger partial charge in [-0.3, -0.25) is 4.79 Å². The van der Waals surface area contributed by atoms with Gasteiger partial charge in [-0.25, -0.2) is 4.99 Å². The van der Waals surface area contributed by atoms with Crippen molar-refractivity contribution in [3.05, 3.63) is 59.7 Å². The minimum absolute atomic E-state index is 0.146. The van der Waals surface area contributed by atoms with Gasteiger partial charge < -0.3 is 20.7 Å². The van der Waals surface area contributed by atoms with Crippen molar-refractivity contribution >= 4 is 17.6 Å². The number of hydrogen-bond acceptors (Lipinski definition) is 3. The number of likely N-dealkylation sites (tertiary alicyclic amines) is 1. The average molecular weight is 380 g/mol. The van der Waals surface area contributed by atoms with E-state index in [2.05, 4.69) is 10.3 Å². The number of nitrogens with zero attached hydrogens (tertiary/aromatic N) is 2. The predicted molar refractivity (Wildman–Crippen MR) is 112 cm³/mol. The van der Waals surface area contributed by atoms with Crippen LogP contribution >= 0.6 is 0 Å². The molecular weight excluding hydrogens is 352 g/mol. The van der Waals surface area contributed by atoms with Crippen LogP contribution in [0.4, 0.5) is 5.69 Å². The highest BCUT2D eigenvalue weighted by Gasteiger charge is 2.19. The van der Waals surface area contributed by atoms with E-state index in [-0.39, 0.29) is 12.0 Å². The lowest BCUT2D eigenvalue weighted by molar-refractivity contribution is -0.128. The molecule has 28 heavy (non-hydrogen) atoms. The summed E-state index contributed by atoms with van der Waals surface area (Å²) in [4.78, 5) is 18.0. The van der Waals surface area contributed by atoms with Gasteiger partial charge in [0.15, 0.2) is 5.96 Å². The smallest absolute Gasteiger partial charge is 0.222 e. The predicted octanol–water partition coefficient (Wildman–Crippen LogP) is 3.52. The maximum absolute atomic E-state index is 11.7. The van der Waals surface area contributed by atoms with Crippen LogP contribution in [-0.2, 0) is 17.9 Å². The molecule has 0 radical (unpaired) electrons. The van der Waals surface area contributed by atoms with Crippen LogP contribution in [-0.4, -0.2) is 29.4 Å². The number of nitrogens with one attached hydrogen (secondary N) is 1. The van der Waals surface area contributed by atoms with Crippen LogP contribution in [0.1, 0.15) is 37.8 Å². The molecule has 148 valence electrons. The van der Waals surface area contributed by atoms with Gasteiger partial charge in [-0.05, 0) is 55.7 Å². The van der Waals surface area contributed by atoms with Crippen LogP contribution in [0.2, 0.25) is 0 Å². The summed E-state index contributed by atoms with van der Waals surface area (Å²) in [6.07, 6.45) is 1.78. The summed E-state index contributed by atoms with van der Waals surface area (Å²) >= 11 is 0. The largest absolute Gasteiger partial charge is 0.491 e. The molecule has 3 rings (SSSR count). The lowest BCUT2D eigenvalue weighted by Crippen LogP contribution is -2.23. The van der Waals surface area contributed by atoms with Gasteiger partial charge in [0.1, 0.15) is 5.75 Å². The normalized spacial score (nSPS) is 14.6. The van der Waals surface area contributed by atoms with Crippen molar-refractivity contribution in [3.63, 3.8) is 0 Å². The van der Waals surface area contributed by atoms with Gasteiger partial charge in [-0.1, -0.05) is 24.3 Å². The van der Waals surface area contributed by atoms with Crippen LogP contribution in [0.5, 0.6) is 5.75 Å². The molecule has 0 atom stereocenters. The van der Waals surface area contributed by atoms with E-state index in [0.29, 0.717) is 25.5 Å². The van der Waals surface area contributed by atoms with Crippen molar-refractivity contribution in [2.75, 3.05) is 11.9 Å². The molecule has 0 spiro atoms. The Balaban J connectivity index is 1.50. The van der Waals surface area contributed by atoms with Gasteiger partial charge in [0, 0.05) is 25.2 Å². The number of amides is 1. The van der Waals surface area contributed by atoms with Gasteiger partial charge in [-0.2, -0.15) is 0 Å². The van der Waals surface area contributed by atoms with Crippen molar-refractivity contribution in [2.45, 2.75) is 45.9 Å². The average Bonchev–Trinajstić information content (AvgIpc) is 3.07. The molecule has 0 aliphatic carbocycles. The molecule has 2 aromatic rings. The van der Waals surface area contributed by atoms with Gasteiger partial charge in [0.25, 0.3) is 0 Å². The SMILES string of the molecule is CC(C)Oc1ccc(NC(N)=NCc2ccc(CN3CCCC3=O)cc2)cc1. The second kappa shape index (κ2) is 9.26. The molecular formula is C22H28N4O2. The lowest BCUT2D eigenvalue weighted by Gasteiger charge is -2.15. The second-order valence-corrected chi connectivity index (χ2v) is 7.25. The van der Waals surface area contributed by atoms with Crippen molar-refractivity contribution < 1.29 is 9.53 Å². The zero-order valence-electron chi connectivity index (χ0n) is 16.5. The number of ether oxygens (including phenoxy) is 1. The van der Waals surface area contributed by atoms with E-state index in [1.165, 1.54) is 0 Å². The molecule has 6 heteroatoms. The van der Waals surface area contributed by atoms with Crippen LogP contribution in [0, 0.1) is 0 Å². The van der Waals surface area contributed by atoms with Gasteiger partial charge in [0.05, 0.1) is 12.6 Å². The summed E-state index contributed by atoms with van der Waals surface area (Å²) in [5.74, 6) is 1.44. The fourth-order valence-electron chi connectivity index (χ4n) is 3.09. The Bertz CT molecular complexity index is 813. The standard InChI is InChI=1S/C22H28N4O2/c1-16(2)28-20-11-9-19(10-12-20)25-22(23)24-14-17-5-7-18(8-6-17)15-26-13-3-4-21(26)27/h5-12,16H,3-4,13-15H2,1-2H3,(H3,23,24,25). The number of aliphatic imine (C=N–C) groups is 1. The summed E-state index contributed by atoms with van der Waals surface area (Å²) in [5, 5.41) is 3.09. The molecule has 1 aliphatic heterocycles. The van der Waals surface area contributed by atoms with E-state index >= 15 is 0 Å². The highest BCUT2D eigenvalue weighted by atomic mass is 16.5. The Hall–Kier alpha value is -3.02. The fourth-order valence-corrected chi connectivity index (χ4v) is 3.09. The molecule has 0 bridgehead atoms. The molecule has 3 N–H and O–H groups in total. The first-order chi connectivity index (χ1) is 13.5. The molecule has 0 aromatic heterocycles. The number of rotatable bonds is 7. The maximum atomic E-state index is 11.7. The molecule has 1 heterocycles. The van der Waals surface area contributed by atoms with E-state index in [1.54, 1.807) is 0 Å². The van der Waals surface area contributed by atoms with Crippen LogP contribution in [0.15, 0.2) is 53.5 Å². The summed E-state index contributed by atoms with van der Waals surface area (Å²) in [6, 6.07) is 15.8. The van der Waals surface area contributed by atoms with Crippen LogP contribution < -0.4 is 15.8 Å². The van der Waals surface area contributed by atoms with Gasteiger partial charge in [-0.15, -0.1) is 0 Å². The van der Waals surface area contributed by atoms with E-state index in [1.807, 2.05) is 67.3 Å². The number of carbonyl (C=O) groups excluding carboxylic acids is 1. The summed E-state index contributed by atoms with van der Waals surface area (Å²) < 4.78 is 5.63. The van der Waals surface area contributed by atoms with E-state index in [0.717, 1.165) is 35.5 Å². The number of carbonyl (C=O) groups is 1. The molecule has 1 amide bonds. The van der Waals surface area contributed by atoms with Crippen LogP contribution in [0.3, 0.4) is 0 Å². The Morgan fingerprint density at radius 3 is 2.43 bits per heavy atom. The van der Waals surface area contributed by atoms with Crippen molar-refractivity contribution in [3.8, 4) is 5.75 Å². The van der Waals surface area contributed by atoms with E-state index in [9.17, 15) is 4.79 Å². The van der Waals surface area contributed by atoms with Crippen molar-refractivity contribution in [1.82, 2.24) is 4.90 Å². The molecule has 6 nitrogen and oxygen atoms in total. The third-order valence-corrected chi connectivity index (χ3v) is 4.50. The first-order valence-electron chi connectivity index (χ1n) is 9.69. The Morgan fingerprint density at radius 1 is 1.14 bits per heavy atom. The Morgan fingerprint density at radius 2 is 1.82 bits per heavy atom. The minimum atomic E-state index is 0.146. The molecule has 1 fully saturated rings. The molecule has 1 aliphatic rings. The first-order valence-corrected chi connectivity index (χ1v) is 9.69. The highest BCUT2D eigenvalue weighted by Crippen LogP contribution is 2.17. The maximum Gasteiger partial charge on any atom is 0.222 e. The number of anilines is 1. The topological polar surface area (TPSA) is 80.0 Å². The number of hydrogen-bond donors (Lipinski definition) is 2. The summed E-state index contributed by atoms with van der Waals surface area (Å²) in [5.41, 5.74) is 9.06. The minimum Gasteiger partial charge on any atom is -0.491 e. The third kappa shape index (κ3) is 5.74. The molecule has 0 saturated carbocycles. The van der Waals surface area contributed by atoms with E-state index < -0.39 is 0 Å². The first kappa shape index (κ1) is 19.7. The Labute approximate surface area is 166 Å². The second-order valence-electron chi connectivity index (χ2n) is 7.25. The lowest BCUT2D eigenvalue weighted by atomic mass is 10.1. The van der Waals surface area contributed by atoms with Gasteiger partial charge in [0.2, 0.25) is 5.91 Å². The number of nitrogens with two attached hydrogens (primary N) is 1. The van der Waals surface area contributed by atoms with E-state index in [4.69, 9.17) is 10.5 Å². The van der Waals surface area contributed by atoms with Crippen LogP contribution in [0.25, 0.3) is 0 Å². The highest BCUT2D eigenvalue weighted by molar-refractivity contribution is 5.92. The Kier molecular flexibility index (Phi) is 6.53. The zero-order chi connectivity index (χ0) is 19.9. The monoisotopic (exact) mass is 380 g/mol. The molecule has 2 aromatic carbocycles. The quantitative estimate of drug-likeness (QED) is 0.569. The number of benzene rings is 2. The van der Waals surface area contributed by atoms with Gasteiger partial charge >= 0.3 is 0 Å². The molecule has 1 saturated heterocycles.